The van der Waals surface area contributed by atoms with Gasteiger partial charge < -0.3 is 15.1 Å². The van der Waals surface area contributed by atoms with E-state index in [1.807, 2.05) is 24.3 Å². The second kappa shape index (κ2) is 6.51. The van der Waals surface area contributed by atoms with Gasteiger partial charge in [-0.25, -0.2) is 13.6 Å². The topological polar surface area (TPSA) is 52.7 Å². The van der Waals surface area contributed by atoms with Crippen molar-refractivity contribution in [1.82, 2.24) is 10.2 Å². The van der Waals surface area contributed by atoms with Crippen LogP contribution in [0.4, 0.5) is 19.3 Å². The number of para-hydroxylation sites is 1. The van der Waals surface area contributed by atoms with Gasteiger partial charge in [0.1, 0.15) is 0 Å². The third-order valence-corrected chi connectivity index (χ3v) is 3.34. The van der Waals surface area contributed by atoms with Gasteiger partial charge in [-0.15, -0.1) is 0 Å². The molecule has 0 saturated heterocycles. The molecule has 0 atom stereocenters. The molecular weight excluding hydrogens is 280 g/mol. The fraction of sp³-hybridized carbons (Fsp3) is 0.429. The summed E-state index contributed by atoms with van der Waals surface area (Å²) < 4.78 is 24.3. The van der Waals surface area contributed by atoms with Crippen LogP contribution in [0.1, 0.15) is 5.56 Å². The van der Waals surface area contributed by atoms with Gasteiger partial charge in [-0.2, -0.15) is 0 Å². The number of urea groups is 1. The maximum atomic E-state index is 12.2. The normalized spacial score (nSPS) is 13.2. The fourth-order valence-corrected chi connectivity index (χ4v) is 2.27. The van der Waals surface area contributed by atoms with Crippen LogP contribution >= 0.6 is 0 Å². The highest BCUT2D eigenvalue weighted by molar-refractivity contribution is 5.98. The smallest absolute Gasteiger partial charge is 0.317 e. The predicted molar refractivity (Wildman–Crippen MR) is 74.5 cm³/mol. The van der Waals surface area contributed by atoms with Gasteiger partial charge in [0.15, 0.2) is 0 Å². The summed E-state index contributed by atoms with van der Waals surface area (Å²) in [5.41, 5.74) is 1.93. The van der Waals surface area contributed by atoms with Gasteiger partial charge >= 0.3 is 6.03 Å². The summed E-state index contributed by atoms with van der Waals surface area (Å²) in [5.74, 6) is -0.251. The highest BCUT2D eigenvalue weighted by Crippen LogP contribution is 2.27. The number of hydrogen-bond donors (Lipinski definition) is 1. The van der Waals surface area contributed by atoms with Crippen molar-refractivity contribution in [3.63, 3.8) is 0 Å². The number of alkyl halides is 2. The van der Waals surface area contributed by atoms with Gasteiger partial charge in [-0.3, -0.25) is 4.79 Å². The molecule has 0 fully saturated rings. The molecule has 0 aromatic heterocycles. The Hall–Kier alpha value is -2.18. The number of halogens is 2. The van der Waals surface area contributed by atoms with Crippen molar-refractivity contribution < 1.29 is 18.4 Å². The first-order valence-corrected chi connectivity index (χ1v) is 6.64. The number of benzene rings is 1. The second-order valence-electron chi connectivity index (χ2n) is 4.85. The first-order valence-electron chi connectivity index (χ1n) is 6.64. The van der Waals surface area contributed by atoms with E-state index in [4.69, 9.17) is 0 Å². The molecule has 0 radical (unpaired) electrons. The van der Waals surface area contributed by atoms with Gasteiger partial charge in [-0.05, 0) is 18.1 Å². The molecule has 2 rings (SSSR count). The van der Waals surface area contributed by atoms with Crippen molar-refractivity contribution in [1.29, 1.82) is 0 Å². The number of anilines is 1. The lowest BCUT2D eigenvalue weighted by Crippen LogP contribution is -2.45. The van der Waals surface area contributed by atoms with E-state index in [1.54, 1.807) is 4.90 Å². The van der Waals surface area contributed by atoms with Crippen molar-refractivity contribution in [2.24, 2.45) is 0 Å². The summed E-state index contributed by atoms with van der Waals surface area (Å²) in [6, 6.07) is 6.88. The number of amides is 3. The van der Waals surface area contributed by atoms with Crippen LogP contribution in [-0.4, -0.2) is 49.9 Å². The maximum Gasteiger partial charge on any atom is 0.317 e. The van der Waals surface area contributed by atoms with Crippen molar-refractivity contribution in [3.05, 3.63) is 29.8 Å². The van der Waals surface area contributed by atoms with E-state index in [0.29, 0.717) is 6.54 Å². The van der Waals surface area contributed by atoms with E-state index in [2.05, 4.69) is 5.32 Å². The SMILES string of the molecule is CN(CC(F)F)C(=O)NCC(=O)N1CCc2ccccc21. The molecule has 1 aromatic carbocycles. The van der Waals surface area contributed by atoms with E-state index >= 15 is 0 Å². The van der Waals surface area contributed by atoms with E-state index in [9.17, 15) is 18.4 Å². The summed E-state index contributed by atoms with van der Waals surface area (Å²) in [5, 5.41) is 2.36. The van der Waals surface area contributed by atoms with Crippen LogP contribution in [0.3, 0.4) is 0 Å². The third-order valence-electron chi connectivity index (χ3n) is 3.34. The quantitative estimate of drug-likeness (QED) is 0.915. The van der Waals surface area contributed by atoms with Crippen LogP contribution in [0.25, 0.3) is 0 Å². The Kier molecular flexibility index (Phi) is 4.72. The minimum absolute atomic E-state index is 0.208. The number of nitrogens with zero attached hydrogens (tertiary/aromatic N) is 2. The van der Waals surface area contributed by atoms with Gasteiger partial charge in [-0.1, -0.05) is 18.2 Å². The zero-order valence-electron chi connectivity index (χ0n) is 11.7. The average molecular weight is 297 g/mol. The summed E-state index contributed by atoms with van der Waals surface area (Å²) in [6.45, 7) is -0.297. The monoisotopic (exact) mass is 297 g/mol. The minimum Gasteiger partial charge on any atom is -0.329 e. The highest BCUT2D eigenvalue weighted by Gasteiger charge is 2.24. The molecule has 21 heavy (non-hydrogen) atoms. The Labute approximate surface area is 121 Å². The van der Waals surface area contributed by atoms with Crippen LogP contribution in [0.2, 0.25) is 0 Å². The Bertz CT molecular complexity index is 537. The summed E-state index contributed by atoms with van der Waals surface area (Å²) in [6.07, 6.45) is -1.82. The van der Waals surface area contributed by atoms with E-state index in [1.165, 1.54) is 7.05 Å². The maximum absolute atomic E-state index is 12.2. The number of hydrogen-bond acceptors (Lipinski definition) is 2. The van der Waals surface area contributed by atoms with E-state index < -0.39 is 19.0 Å². The lowest BCUT2D eigenvalue weighted by Gasteiger charge is -2.20. The molecule has 0 spiro atoms. The molecule has 1 aliphatic heterocycles. The standard InChI is InChI=1S/C14H17F2N3O2/c1-18(9-12(15)16)14(21)17-8-13(20)19-7-6-10-4-2-3-5-11(10)19/h2-5,12H,6-9H2,1H3,(H,17,21). The van der Waals surface area contributed by atoms with Crippen molar-refractivity contribution in [2.45, 2.75) is 12.8 Å². The van der Waals surface area contributed by atoms with E-state index in [0.717, 1.165) is 22.6 Å². The molecule has 0 unspecified atom stereocenters. The van der Waals surface area contributed by atoms with Crippen LogP contribution in [-0.2, 0) is 11.2 Å². The number of nitrogens with one attached hydrogen (secondary N) is 1. The Morgan fingerprint density at radius 2 is 2.10 bits per heavy atom. The number of rotatable bonds is 4. The van der Waals surface area contributed by atoms with Gasteiger partial charge in [0.2, 0.25) is 5.91 Å². The fourth-order valence-electron chi connectivity index (χ4n) is 2.27. The molecule has 3 amide bonds. The average Bonchev–Trinajstić information content (AvgIpc) is 2.87. The molecule has 0 bridgehead atoms. The summed E-state index contributed by atoms with van der Waals surface area (Å²) in [7, 11) is 1.26. The molecule has 0 saturated carbocycles. The largest absolute Gasteiger partial charge is 0.329 e. The second-order valence-corrected chi connectivity index (χ2v) is 4.85. The van der Waals surface area contributed by atoms with Crippen molar-refractivity contribution >= 4 is 17.6 Å². The zero-order valence-corrected chi connectivity index (χ0v) is 11.7. The lowest BCUT2D eigenvalue weighted by atomic mass is 10.2. The Morgan fingerprint density at radius 3 is 2.81 bits per heavy atom. The van der Waals surface area contributed by atoms with Gasteiger partial charge in [0, 0.05) is 19.3 Å². The number of carbonyl (C=O) groups excluding carboxylic acids is 2. The number of fused-ring (bicyclic) bond motifs is 1. The van der Waals surface area contributed by atoms with Crippen molar-refractivity contribution in [2.75, 3.05) is 31.6 Å². The van der Waals surface area contributed by atoms with Crippen LogP contribution < -0.4 is 10.2 Å². The Morgan fingerprint density at radius 1 is 1.38 bits per heavy atom. The summed E-state index contributed by atoms with van der Waals surface area (Å²) >= 11 is 0. The number of carbonyl (C=O) groups is 2. The first-order chi connectivity index (χ1) is 9.99. The molecular formula is C14H17F2N3O2. The van der Waals surface area contributed by atoms with E-state index in [-0.39, 0.29) is 12.5 Å². The third kappa shape index (κ3) is 3.68. The van der Waals surface area contributed by atoms with Crippen LogP contribution in [0.15, 0.2) is 24.3 Å². The van der Waals surface area contributed by atoms with Crippen LogP contribution in [0, 0.1) is 0 Å². The molecule has 1 aliphatic rings. The minimum atomic E-state index is -2.60. The lowest BCUT2D eigenvalue weighted by molar-refractivity contribution is -0.117. The summed E-state index contributed by atoms with van der Waals surface area (Å²) in [4.78, 5) is 26.1. The first kappa shape index (κ1) is 15.2. The molecule has 0 aliphatic carbocycles. The van der Waals surface area contributed by atoms with Gasteiger partial charge in [0.25, 0.3) is 6.43 Å². The molecule has 1 heterocycles. The molecule has 7 heteroatoms. The highest BCUT2D eigenvalue weighted by atomic mass is 19.3. The predicted octanol–water partition coefficient (Wildman–Crippen LogP) is 1.48. The Balaban J connectivity index is 1.87. The van der Waals surface area contributed by atoms with Gasteiger partial charge in [0.05, 0.1) is 13.1 Å². The van der Waals surface area contributed by atoms with Crippen LogP contribution in [0.5, 0.6) is 0 Å². The molecule has 1 aromatic rings. The molecule has 5 nitrogen and oxygen atoms in total. The zero-order chi connectivity index (χ0) is 15.4. The molecule has 1 N–H and O–H groups in total. The van der Waals surface area contributed by atoms with Crippen molar-refractivity contribution in [3.8, 4) is 0 Å². The molecule has 114 valence electrons.